The zero-order valence-corrected chi connectivity index (χ0v) is 6.82. The molecule has 0 amide bonds. The Labute approximate surface area is 69.5 Å². The fourth-order valence-electron chi connectivity index (χ4n) is 0.587. The van der Waals surface area contributed by atoms with Gasteiger partial charge in [0.25, 0.3) is 0 Å². The van der Waals surface area contributed by atoms with Gasteiger partial charge < -0.3 is 4.74 Å². The summed E-state index contributed by atoms with van der Waals surface area (Å²) in [6, 6.07) is 0. The van der Waals surface area contributed by atoms with Crippen molar-refractivity contribution in [1.29, 1.82) is 0 Å². The summed E-state index contributed by atoms with van der Waals surface area (Å²) in [6.07, 6.45) is -0.882. The molecule has 0 heterocycles. The van der Waals surface area contributed by atoms with E-state index in [2.05, 4.69) is 11.3 Å². The van der Waals surface area contributed by atoms with Crippen molar-refractivity contribution in [3.63, 3.8) is 0 Å². The first kappa shape index (κ1) is 11.1. The van der Waals surface area contributed by atoms with Gasteiger partial charge in [0.15, 0.2) is 0 Å². The summed E-state index contributed by atoms with van der Waals surface area (Å²) < 4.78 is 38.5. The molecular weight excluding hydrogens is 169 g/mol. The summed E-state index contributed by atoms with van der Waals surface area (Å²) in [5, 5.41) is 0. The van der Waals surface area contributed by atoms with Gasteiger partial charge in [-0.1, -0.05) is 19.9 Å². The first-order chi connectivity index (χ1) is 5.49. The van der Waals surface area contributed by atoms with Crippen LogP contribution < -0.4 is 0 Å². The molecule has 0 aromatic rings. The highest BCUT2D eigenvalue weighted by atomic mass is 19.4. The van der Waals surface area contributed by atoms with E-state index in [-0.39, 0.29) is 5.76 Å². The number of halogens is 3. The smallest absolute Gasteiger partial charge is 0.406 e. The molecule has 0 saturated heterocycles. The van der Waals surface area contributed by atoms with Crippen molar-refractivity contribution in [3.8, 4) is 0 Å². The zero-order valence-electron chi connectivity index (χ0n) is 6.82. The maximum absolute atomic E-state index is 11.6. The molecule has 0 aliphatic rings. The van der Waals surface area contributed by atoms with E-state index in [1.165, 1.54) is 6.08 Å². The van der Waals surface area contributed by atoms with Crippen LogP contribution in [0, 0.1) is 0 Å². The third-order valence-corrected chi connectivity index (χ3v) is 1.07. The molecule has 0 radical (unpaired) electrons. The summed E-state index contributed by atoms with van der Waals surface area (Å²) in [6.45, 7) is 5.07. The highest BCUT2D eigenvalue weighted by Crippen LogP contribution is 2.21. The van der Waals surface area contributed by atoms with Crippen LogP contribution in [0.1, 0.15) is 19.8 Å². The maximum atomic E-state index is 11.6. The Morgan fingerprint density at radius 2 is 2.08 bits per heavy atom. The van der Waals surface area contributed by atoms with Gasteiger partial charge in [0, 0.05) is 0 Å². The molecule has 0 fully saturated rings. The van der Waals surface area contributed by atoms with Crippen LogP contribution in [0.5, 0.6) is 0 Å². The molecule has 0 N–H and O–H groups in total. The second-order valence-electron chi connectivity index (χ2n) is 2.15. The van der Waals surface area contributed by atoms with Gasteiger partial charge >= 0.3 is 6.36 Å². The second-order valence-corrected chi connectivity index (χ2v) is 2.15. The zero-order chi connectivity index (χ0) is 9.61. The van der Waals surface area contributed by atoms with Crippen LogP contribution >= 0.6 is 0 Å². The molecule has 70 valence electrons. The molecule has 4 heteroatoms. The Hall–Kier alpha value is -0.930. The minimum Gasteiger partial charge on any atom is -0.406 e. The molecule has 0 aromatic heterocycles. The Morgan fingerprint density at radius 3 is 2.42 bits per heavy atom. The van der Waals surface area contributed by atoms with Crippen molar-refractivity contribution in [2.45, 2.75) is 26.1 Å². The van der Waals surface area contributed by atoms with E-state index in [4.69, 9.17) is 0 Å². The van der Waals surface area contributed by atoms with Gasteiger partial charge in [-0.05, 0) is 18.6 Å². The van der Waals surface area contributed by atoms with E-state index in [0.717, 1.165) is 12.5 Å². The van der Waals surface area contributed by atoms with E-state index in [1.54, 1.807) is 0 Å². The molecule has 0 spiro atoms. The normalized spacial score (nSPS) is 12.8. The predicted molar refractivity (Wildman–Crippen MR) is 40.3 cm³/mol. The first-order valence-corrected chi connectivity index (χ1v) is 3.58. The van der Waals surface area contributed by atoms with Crippen molar-refractivity contribution < 1.29 is 17.9 Å². The van der Waals surface area contributed by atoms with Gasteiger partial charge in [0.05, 0.1) is 0 Å². The largest absolute Gasteiger partial charge is 0.573 e. The van der Waals surface area contributed by atoms with E-state index in [9.17, 15) is 13.2 Å². The van der Waals surface area contributed by atoms with E-state index >= 15 is 0 Å². The Kier molecular flexibility index (Phi) is 4.47. The summed E-state index contributed by atoms with van der Waals surface area (Å²) in [5.41, 5.74) is 0. The van der Waals surface area contributed by atoms with E-state index in [1.807, 2.05) is 6.92 Å². The highest BCUT2D eigenvalue weighted by Gasteiger charge is 2.31. The van der Waals surface area contributed by atoms with Gasteiger partial charge in [0.1, 0.15) is 5.76 Å². The molecule has 0 saturated carbocycles. The number of allylic oxidation sites excluding steroid dienone is 2. The maximum Gasteiger partial charge on any atom is 0.573 e. The lowest BCUT2D eigenvalue weighted by Gasteiger charge is -2.08. The molecule has 12 heavy (non-hydrogen) atoms. The molecular formula is C8H11F3O. The minimum atomic E-state index is -4.62. The van der Waals surface area contributed by atoms with Gasteiger partial charge in [0.2, 0.25) is 0 Å². The average Bonchev–Trinajstić information content (AvgIpc) is 1.95. The van der Waals surface area contributed by atoms with Gasteiger partial charge in [-0.3, -0.25) is 0 Å². The molecule has 0 rings (SSSR count). The van der Waals surface area contributed by atoms with Crippen molar-refractivity contribution in [1.82, 2.24) is 0 Å². The molecule has 0 atom stereocenters. The highest BCUT2D eigenvalue weighted by molar-refractivity contribution is 5.08. The minimum absolute atomic E-state index is 0.232. The molecule has 0 aliphatic heterocycles. The summed E-state index contributed by atoms with van der Waals surface area (Å²) in [4.78, 5) is 0. The fourth-order valence-corrected chi connectivity index (χ4v) is 0.587. The van der Waals surface area contributed by atoms with Crippen molar-refractivity contribution in [3.05, 3.63) is 24.5 Å². The fraction of sp³-hybridized carbons (Fsp3) is 0.500. The lowest BCUT2D eigenvalue weighted by molar-refractivity contribution is -0.303. The molecule has 0 aromatic carbocycles. The summed E-state index contributed by atoms with van der Waals surface area (Å²) in [5.74, 6) is -0.232. The van der Waals surface area contributed by atoms with Gasteiger partial charge in [-0.15, -0.1) is 13.2 Å². The van der Waals surface area contributed by atoms with Crippen molar-refractivity contribution >= 4 is 0 Å². The number of unbranched alkanes of at least 4 members (excludes halogenated alkanes) is 1. The van der Waals surface area contributed by atoms with Crippen LogP contribution in [0.3, 0.4) is 0 Å². The molecule has 0 bridgehead atoms. The van der Waals surface area contributed by atoms with Crippen LogP contribution in [0.4, 0.5) is 13.2 Å². The lowest BCUT2D eigenvalue weighted by Crippen LogP contribution is -2.11. The summed E-state index contributed by atoms with van der Waals surface area (Å²) >= 11 is 0. The van der Waals surface area contributed by atoms with Crippen LogP contribution in [-0.2, 0) is 4.74 Å². The van der Waals surface area contributed by atoms with Crippen LogP contribution in [0.25, 0.3) is 0 Å². The van der Waals surface area contributed by atoms with E-state index < -0.39 is 6.36 Å². The topological polar surface area (TPSA) is 9.23 Å². The van der Waals surface area contributed by atoms with Gasteiger partial charge in [-0.25, -0.2) is 0 Å². The standard InChI is InChI=1S/C8H11F3O/c1-3-5-6-7(4-2)12-8(9,10)11/h4,6H,2-3,5H2,1H3/b7-6+. The quantitative estimate of drug-likeness (QED) is 0.476. The monoisotopic (exact) mass is 180 g/mol. The van der Waals surface area contributed by atoms with Crippen molar-refractivity contribution in [2.75, 3.05) is 0 Å². The first-order valence-electron chi connectivity index (χ1n) is 3.58. The molecule has 1 nitrogen and oxygen atoms in total. The van der Waals surface area contributed by atoms with Crippen molar-refractivity contribution in [2.24, 2.45) is 0 Å². The molecule has 0 aliphatic carbocycles. The third kappa shape index (κ3) is 5.82. The molecule has 0 unspecified atom stereocenters. The number of hydrogen-bond donors (Lipinski definition) is 0. The average molecular weight is 180 g/mol. The Morgan fingerprint density at radius 1 is 1.50 bits per heavy atom. The van der Waals surface area contributed by atoms with Gasteiger partial charge in [-0.2, -0.15) is 0 Å². The number of rotatable bonds is 4. The third-order valence-electron chi connectivity index (χ3n) is 1.07. The predicted octanol–water partition coefficient (Wildman–Crippen LogP) is 3.39. The number of ether oxygens (including phenoxy) is 1. The Bertz CT molecular complexity index is 170. The number of hydrogen-bond acceptors (Lipinski definition) is 1. The van der Waals surface area contributed by atoms with Crippen LogP contribution in [-0.4, -0.2) is 6.36 Å². The summed E-state index contributed by atoms with van der Waals surface area (Å²) in [7, 11) is 0. The van der Waals surface area contributed by atoms with Crippen LogP contribution in [0.15, 0.2) is 24.5 Å². The van der Waals surface area contributed by atoms with E-state index in [0.29, 0.717) is 6.42 Å². The lowest BCUT2D eigenvalue weighted by atomic mass is 10.3. The second kappa shape index (κ2) is 4.85. The van der Waals surface area contributed by atoms with Crippen LogP contribution in [0.2, 0.25) is 0 Å². The SMILES string of the molecule is C=C/C(=C\CCC)OC(F)(F)F. The Balaban J connectivity index is 4.08. The number of alkyl halides is 3.